The van der Waals surface area contributed by atoms with Crippen molar-refractivity contribution < 1.29 is 18.7 Å². The molecule has 0 radical (unpaired) electrons. The van der Waals surface area contributed by atoms with Crippen molar-refractivity contribution in [3.63, 3.8) is 0 Å². The SMILES string of the molecule is Cc1ccc(-n2nc(C(C)(C)C)c3c2N(CC(=O)NC[C@H]2CCCO2)C(=O)CS[C@@H]3c2ccccc2F)c(C)c1. The van der Waals surface area contributed by atoms with Crippen LogP contribution >= 0.6 is 11.8 Å². The second-order valence-corrected chi connectivity index (χ2v) is 12.8. The number of rotatable bonds is 6. The van der Waals surface area contributed by atoms with Crippen LogP contribution in [0, 0.1) is 19.7 Å². The Bertz CT molecular complexity index is 1420. The third kappa shape index (κ3) is 5.67. The summed E-state index contributed by atoms with van der Waals surface area (Å²) in [5, 5.41) is 7.59. The summed E-state index contributed by atoms with van der Waals surface area (Å²) in [5.41, 5.74) is 4.52. The van der Waals surface area contributed by atoms with E-state index in [4.69, 9.17) is 9.84 Å². The largest absolute Gasteiger partial charge is 0.376 e. The molecule has 3 heterocycles. The Kier molecular flexibility index (Phi) is 8.06. The van der Waals surface area contributed by atoms with Gasteiger partial charge in [0.15, 0.2) is 0 Å². The Morgan fingerprint density at radius 1 is 1.20 bits per heavy atom. The number of ether oxygens (including phenoxy) is 1. The van der Waals surface area contributed by atoms with Crippen molar-refractivity contribution in [3.05, 3.63) is 76.2 Å². The quantitative estimate of drug-likeness (QED) is 0.435. The fourth-order valence-electron chi connectivity index (χ4n) is 5.45. The Morgan fingerprint density at radius 3 is 2.65 bits per heavy atom. The Balaban J connectivity index is 1.68. The molecule has 1 N–H and O–H groups in total. The van der Waals surface area contributed by atoms with Gasteiger partial charge < -0.3 is 10.1 Å². The summed E-state index contributed by atoms with van der Waals surface area (Å²) in [6.45, 7) is 11.2. The van der Waals surface area contributed by atoms with Gasteiger partial charge in [0.05, 0.1) is 28.5 Å². The molecule has 0 aliphatic carbocycles. The molecule has 2 aliphatic rings. The van der Waals surface area contributed by atoms with Crippen molar-refractivity contribution in [1.82, 2.24) is 15.1 Å². The predicted molar refractivity (Wildman–Crippen MR) is 157 cm³/mol. The van der Waals surface area contributed by atoms with Crippen molar-refractivity contribution >= 4 is 29.4 Å². The number of fused-ring (bicyclic) bond motifs is 1. The van der Waals surface area contributed by atoms with Crippen LogP contribution in [0.3, 0.4) is 0 Å². The van der Waals surface area contributed by atoms with Crippen LogP contribution in [-0.2, 0) is 19.7 Å². The molecule has 1 saturated heterocycles. The number of hydrogen-bond donors (Lipinski definition) is 1. The number of amides is 2. The zero-order valence-electron chi connectivity index (χ0n) is 23.8. The molecule has 1 aromatic heterocycles. The molecule has 3 aromatic rings. The maximum atomic E-state index is 15.3. The van der Waals surface area contributed by atoms with Gasteiger partial charge in [-0.25, -0.2) is 9.07 Å². The minimum absolute atomic E-state index is 0.00596. The van der Waals surface area contributed by atoms with Gasteiger partial charge >= 0.3 is 0 Å². The Labute approximate surface area is 239 Å². The number of thioether (sulfide) groups is 1. The van der Waals surface area contributed by atoms with E-state index in [1.807, 2.05) is 32.0 Å². The lowest BCUT2D eigenvalue weighted by Gasteiger charge is -2.25. The molecular weight excluding hydrogens is 527 g/mol. The van der Waals surface area contributed by atoms with E-state index in [9.17, 15) is 9.59 Å². The number of nitrogens with zero attached hydrogens (tertiary/aromatic N) is 3. The van der Waals surface area contributed by atoms with E-state index in [0.29, 0.717) is 24.5 Å². The lowest BCUT2D eigenvalue weighted by atomic mass is 9.87. The summed E-state index contributed by atoms with van der Waals surface area (Å²) in [7, 11) is 0. The highest BCUT2D eigenvalue weighted by atomic mass is 32.2. The third-order valence-electron chi connectivity index (χ3n) is 7.42. The van der Waals surface area contributed by atoms with Crippen LogP contribution in [0.1, 0.15) is 66.8 Å². The number of benzene rings is 2. The zero-order valence-corrected chi connectivity index (χ0v) is 24.6. The van der Waals surface area contributed by atoms with Crippen molar-refractivity contribution in [2.75, 3.05) is 30.3 Å². The highest BCUT2D eigenvalue weighted by Crippen LogP contribution is 2.49. The molecule has 2 amide bonds. The topological polar surface area (TPSA) is 76.5 Å². The molecule has 2 aromatic carbocycles. The van der Waals surface area contributed by atoms with Crippen LogP contribution in [0.25, 0.3) is 5.69 Å². The summed E-state index contributed by atoms with van der Waals surface area (Å²) in [6.07, 6.45) is 1.88. The number of hydrogen-bond acceptors (Lipinski definition) is 5. The predicted octanol–water partition coefficient (Wildman–Crippen LogP) is 5.39. The number of halogens is 1. The van der Waals surface area contributed by atoms with Crippen LogP contribution in [0.15, 0.2) is 42.5 Å². The number of carbonyl (C=O) groups excluding carboxylic acids is 2. The molecule has 40 heavy (non-hydrogen) atoms. The van der Waals surface area contributed by atoms with Crippen molar-refractivity contribution in [3.8, 4) is 5.69 Å². The van der Waals surface area contributed by atoms with Gasteiger partial charge in [-0.3, -0.25) is 14.5 Å². The molecule has 1 fully saturated rings. The monoisotopic (exact) mass is 564 g/mol. The first-order chi connectivity index (χ1) is 19.0. The van der Waals surface area contributed by atoms with E-state index in [0.717, 1.165) is 40.9 Å². The second-order valence-electron chi connectivity index (χ2n) is 11.7. The lowest BCUT2D eigenvalue weighted by molar-refractivity contribution is -0.123. The third-order valence-corrected chi connectivity index (χ3v) is 8.66. The first-order valence-corrected chi connectivity index (χ1v) is 14.8. The van der Waals surface area contributed by atoms with Gasteiger partial charge in [0, 0.05) is 29.7 Å². The van der Waals surface area contributed by atoms with E-state index < -0.39 is 10.7 Å². The summed E-state index contributed by atoms with van der Waals surface area (Å²) >= 11 is 1.38. The van der Waals surface area contributed by atoms with E-state index in [1.54, 1.807) is 16.8 Å². The fourth-order valence-corrected chi connectivity index (χ4v) is 6.67. The van der Waals surface area contributed by atoms with Gasteiger partial charge in [0.25, 0.3) is 0 Å². The van der Waals surface area contributed by atoms with Crippen molar-refractivity contribution in [1.29, 1.82) is 0 Å². The van der Waals surface area contributed by atoms with E-state index in [-0.39, 0.29) is 36.0 Å². The number of carbonyl (C=O) groups is 2. The average Bonchev–Trinajstić information content (AvgIpc) is 3.53. The average molecular weight is 565 g/mol. The molecule has 5 rings (SSSR count). The highest BCUT2D eigenvalue weighted by molar-refractivity contribution is 8.00. The molecule has 0 spiro atoms. The molecule has 2 aliphatic heterocycles. The number of aromatic nitrogens is 2. The maximum absolute atomic E-state index is 15.3. The zero-order chi connectivity index (χ0) is 28.6. The van der Waals surface area contributed by atoms with Crippen LogP contribution in [0.4, 0.5) is 10.2 Å². The Hall–Kier alpha value is -3.17. The summed E-state index contributed by atoms with van der Waals surface area (Å²) in [4.78, 5) is 28.6. The molecule has 0 bridgehead atoms. The van der Waals surface area contributed by atoms with E-state index in [2.05, 4.69) is 32.2 Å². The van der Waals surface area contributed by atoms with E-state index in [1.165, 1.54) is 22.7 Å². The van der Waals surface area contributed by atoms with Gasteiger partial charge in [0.2, 0.25) is 11.8 Å². The van der Waals surface area contributed by atoms with Crippen LogP contribution in [-0.4, -0.2) is 53.1 Å². The van der Waals surface area contributed by atoms with Gasteiger partial charge in [-0.15, -0.1) is 11.8 Å². The number of anilines is 1. The lowest BCUT2D eigenvalue weighted by Crippen LogP contribution is -2.44. The first kappa shape index (κ1) is 28.4. The first-order valence-electron chi connectivity index (χ1n) is 13.8. The molecule has 0 unspecified atom stereocenters. The minimum atomic E-state index is -0.478. The summed E-state index contributed by atoms with van der Waals surface area (Å²) < 4.78 is 22.7. The summed E-state index contributed by atoms with van der Waals surface area (Å²) in [6, 6.07) is 12.8. The van der Waals surface area contributed by atoms with Crippen LogP contribution in [0.5, 0.6) is 0 Å². The van der Waals surface area contributed by atoms with Crippen molar-refractivity contribution in [2.24, 2.45) is 0 Å². The molecule has 2 atom stereocenters. The second kappa shape index (κ2) is 11.4. The molecule has 0 saturated carbocycles. The molecular formula is C31H37FN4O3S. The van der Waals surface area contributed by atoms with Gasteiger partial charge in [0.1, 0.15) is 18.2 Å². The van der Waals surface area contributed by atoms with E-state index >= 15 is 4.39 Å². The van der Waals surface area contributed by atoms with Crippen LogP contribution < -0.4 is 10.2 Å². The standard InChI is InChI=1S/C31H37FN4O3S/c1-19-12-13-24(20(2)15-19)36-30-27(29(34-36)31(3,4)5)28(22-10-6-7-11-23(22)32)40-18-26(38)35(30)17-25(37)33-16-21-9-8-14-39-21/h6-7,10-13,15,21,28H,8-9,14,16-18H2,1-5H3,(H,33,37)/t21-,28-/m1/s1. The van der Waals surface area contributed by atoms with Gasteiger partial charge in [-0.1, -0.05) is 56.7 Å². The summed E-state index contributed by atoms with van der Waals surface area (Å²) in [5.74, 6) is -0.199. The molecule has 212 valence electrons. The Morgan fingerprint density at radius 2 is 1.98 bits per heavy atom. The normalized spacial score (nSPS) is 19.4. The maximum Gasteiger partial charge on any atom is 0.240 e. The smallest absolute Gasteiger partial charge is 0.240 e. The number of aryl methyl sites for hydroxylation is 2. The number of nitrogens with one attached hydrogen (secondary N) is 1. The fraction of sp³-hybridized carbons (Fsp3) is 0.452. The van der Waals surface area contributed by atoms with Gasteiger partial charge in [-0.2, -0.15) is 5.10 Å². The molecule has 9 heteroatoms. The highest BCUT2D eigenvalue weighted by Gasteiger charge is 2.40. The van der Waals surface area contributed by atoms with Crippen LogP contribution in [0.2, 0.25) is 0 Å². The van der Waals surface area contributed by atoms with Crippen molar-refractivity contribution in [2.45, 2.75) is 64.2 Å². The molecule has 7 nitrogen and oxygen atoms in total. The minimum Gasteiger partial charge on any atom is -0.376 e. The van der Waals surface area contributed by atoms with Gasteiger partial charge in [-0.05, 0) is 44.4 Å².